The van der Waals surface area contributed by atoms with E-state index in [0.717, 1.165) is 42.4 Å². The van der Waals surface area contributed by atoms with Gasteiger partial charge in [0.15, 0.2) is 0 Å². The highest BCUT2D eigenvalue weighted by atomic mass is 79.9. The zero-order valence-corrected chi connectivity index (χ0v) is 11.5. The number of rotatable bonds is 3. The van der Waals surface area contributed by atoms with Crippen LogP contribution in [0.4, 0.5) is 0 Å². The molecule has 1 saturated carbocycles. The van der Waals surface area contributed by atoms with Crippen LogP contribution in [0.25, 0.3) is 0 Å². The van der Waals surface area contributed by atoms with E-state index < -0.39 is 5.60 Å². The summed E-state index contributed by atoms with van der Waals surface area (Å²) in [4.78, 5) is 0. The molecule has 1 aromatic heterocycles. The average molecular weight is 287 g/mol. The number of aromatic nitrogens is 2. The van der Waals surface area contributed by atoms with E-state index in [2.05, 4.69) is 34.9 Å². The Bertz CT molecular complexity index is 377. The van der Waals surface area contributed by atoms with Gasteiger partial charge < -0.3 is 5.11 Å². The molecular formula is C12H19BrN2O. The monoisotopic (exact) mass is 286 g/mol. The molecule has 3 nitrogen and oxygen atoms in total. The van der Waals surface area contributed by atoms with Crippen LogP contribution in [0.3, 0.4) is 0 Å². The quantitative estimate of drug-likeness (QED) is 0.927. The molecule has 0 radical (unpaired) electrons. The van der Waals surface area contributed by atoms with Crippen molar-refractivity contribution in [2.24, 2.45) is 5.92 Å². The second-order valence-electron chi connectivity index (χ2n) is 4.71. The maximum Gasteiger partial charge on any atom is 0.108 e. The van der Waals surface area contributed by atoms with Gasteiger partial charge in [0.2, 0.25) is 0 Å². The Kier molecular flexibility index (Phi) is 3.40. The van der Waals surface area contributed by atoms with Gasteiger partial charge >= 0.3 is 0 Å². The molecule has 2 atom stereocenters. The highest BCUT2D eigenvalue weighted by Crippen LogP contribution is 2.45. The van der Waals surface area contributed by atoms with Crippen molar-refractivity contribution in [1.29, 1.82) is 0 Å². The summed E-state index contributed by atoms with van der Waals surface area (Å²) in [6.07, 6.45) is 5.79. The van der Waals surface area contributed by atoms with Crippen molar-refractivity contribution in [2.75, 3.05) is 0 Å². The van der Waals surface area contributed by atoms with Crippen molar-refractivity contribution in [3.63, 3.8) is 0 Å². The molecule has 16 heavy (non-hydrogen) atoms. The van der Waals surface area contributed by atoms with Gasteiger partial charge in [-0.1, -0.05) is 13.3 Å². The number of aryl methyl sites for hydroxylation is 1. The van der Waals surface area contributed by atoms with Gasteiger partial charge in [-0.05, 0) is 48.0 Å². The molecule has 0 bridgehead atoms. The first kappa shape index (κ1) is 12.1. The molecule has 0 saturated heterocycles. The topological polar surface area (TPSA) is 38.1 Å². The van der Waals surface area contributed by atoms with Crippen LogP contribution >= 0.6 is 15.9 Å². The molecule has 0 amide bonds. The Hall–Kier alpha value is -0.350. The van der Waals surface area contributed by atoms with Gasteiger partial charge in [-0.25, -0.2) is 0 Å². The van der Waals surface area contributed by atoms with Gasteiger partial charge in [-0.2, -0.15) is 5.10 Å². The van der Waals surface area contributed by atoms with E-state index in [1.54, 1.807) is 6.20 Å². The first-order chi connectivity index (χ1) is 7.60. The summed E-state index contributed by atoms with van der Waals surface area (Å²) in [6.45, 7) is 5.06. The van der Waals surface area contributed by atoms with Crippen LogP contribution in [0.5, 0.6) is 0 Å². The summed E-state index contributed by atoms with van der Waals surface area (Å²) in [6, 6.07) is 0. The van der Waals surface area contributed by atoms with Crippen molar-refractivity contribution < 1.29 is 5.11 Å². The first-order valence-electron chi connectivity index (χ1n) is 6.05. The fraction of sp³-hybridized carbons (Fsp3) is 0.750. The minimum atomic E-state index is -0.675. The Morgan fingerprint density at radius 1 is 1.62 bits per heavy atom. The van der Waals surface area contributed by atoms with E-state index in [-0.39, 0.29) is 0 Å². The van der Waals surface area contributed by atoms with Crippen LogP contribution in [-0.4, -0.2) is 14.9 Å². The number of nitrogens with zero attached hydrogens (tertiary/aromatic N) is 2. The highest BCUT2D eigenvalue weighted by Gasteiger charge is 2.41. The predicted molar refractivity (Wildman–Crippen MR) is 67.1 cm³/mol. The lowest BCUT2D eigenvalue weighted by molar-refractivity contribution is 0.0299. The zero-order valence-electron chi connectivity index (χ0n) is 9.91. The predicted octanol–water partition coefficient (Wildman–Crippen LogP) is 3.06. The van der Waals surface area contributed by atoms with Crippen molar-refractivity contribution in [3.05, 3.63) is 16.4 Å². The summed E-state index contributed by atoms with van der Waals surface area (Å²) in [5, 5.41) is 15.0. The van der Waals surface area contributed by atoms with Crippen molar-refractivity contribution in [2.45, 2.75) is 51.7 Å². The van der Waals surface area contributed by atoms with Crippen LogP contribution in [0.15, 0.2) is 10.7 Å². The van der Waals surface area contributed by atoms with E-state index in [4.69, 9.17) is 0 Å². The van der Waals surface area contributed by atoms with Crippen LogP contribution < -0.4 is 0 Å². The standard InChI is InChI=1S/C12H19BrN2O/c1-3-9-5-6-12(16,7-9)11-10(13)8-14-15(11)4-2/h8-9,16H,3-7H2,1-2H3. The fourth-order valence-corrected chi connectivity index (χ4v) is 3.42. The number of halogens is 1. The lowest BCUT2D eigenvalue weighted by Gasteiger charge is -2.24. The fourth-order valence-electron chi connectivity index (χ4n) is 2.75. The number of hydrogen-bond donors (Lipinski definition) is 1. The molecule has 1 aliphatic rings. The Labute approximate surface area is 105 Å². The van der Waals surface area contributed by atoms with Crippen LogP contribution in [-0.2, 0) is 12.1 Å². The summed E-state index contributed by atoms with van der Waals surface area (Å²) < 4.78 is 2.84. The second-order valence-corrected chi connectivity index (χ2v) is 5.56. The summed E-state index contributed by atoms with van der Waals surface area (Å²) in [5.41, 5.74) is 0.289. The average Bonchev–Trinajstić information content (AvgIpc) is 2.82. The van der Waals surface area contributed by atoms with Gasteiger partial charge in [-0.15, -0.1) is 0 Å². The molecule has 1 aliphatic carbocycles. The van der Waals surface area contributed by atoms with Crippen molar-refractivity contribution in [1.82, 2.24) is 9.78 Å². The van der Waals surface area contributed by atoms with E-state index in [9.17, 15) is 5.11 Å². The minimum Gasteiger partial charge on any atom is -0.384 e. The third kappa shape index (κ3) is 1.93. The number of aliphatic hydroxyl groups is 1. The normalized spacial score (nSPS) is 29.9. The van der Waals surface area contributed by atoms with Gasteiger partial charge in [0.05, 0.1) is 16.4 Å². The molecule has 2 rings (SSSR count). The lowest BCUT2D eigenvalue weighted by atomic mass is 9.95. The van der Waals surface area contributed by atoms with Crippen molar-refractivity contribution >= 4 is 15.9 Å². The second kappa shape index (κ2) is 4.49. The number of hydrogen-bond acceptors (Lipinski definition) is 2. The van der Waals surface area contributed by atoms with Crippen LogP contribution in [0, 0.1) is 5.92 Å². The molecule has 2 unspecified atom stereocenters. The minimum absolute atomic E-state index is 0.650. The molecule has 1 fully saturated rings. The third-order valence-corrected chi connectivity index (χ3v) is 4.29. The van der Waals surface area contributed by atoms with Crippen LogP contribution in [0.1, 0.15) is 45.2 Å². The van der Waals surface area contributed by atoms with E-state index in [1.165, 1.54) is 0 Å². The summed E-state index contributed by atoms with van der Waals surface area (Å²) in [7, 11) is 0. The van der Waals surface area contributed by atoms with Gasteiger partial charge in [-0.3, -0.25) is 4.68 Å². The van der Waals surface area contributed by atoms with E-state index >= 15 is 0 Å². The van der Waals surface area contributed by atoms with Gasteiger partial charge in [0.1, 0.15) is 5.60 Å². The Morgan fingerprint density at radius 3 is 2.94 bits per heavy atom. The molecule has 1 heterocycles. The van der Waals surface area contributed by atoms with E-state index in [1.807, 2.05) is 4.68 Å². The van der Waals surface area contributed by atoms with Crippen LogP contribution in [0.2, 0.25) is 0 Å². The third-order valence-electron chi connectivity index (χ3n) is 3.71. The van der Waals surface area contributed by atoms with Gasteiger partial charge in [0.25, 0.3) is 0 Å². The molecule has 0 spiro atoms. The molecule has 1 N–H and O–H groups in total. The molecule has 90 valence electrons. The Balaban J connectivity index is 2.32. The molecule has 4 heteroatoms. The molecule has 0 aliphatic heterocycles. The maximum absolute atomic E-state index is 10.8. The Morgan fingerprint density at radius 2 is 2.38 bits per heavy atom. The maximum atomic E-state index is 10.8. The van der Waals surface area contributed by atoms with E-state index in [0.29, 0.717) is 5.92 Å². The SMILES string of the molecule is CCC1CCC(O)(c2c(Br)cnn2CC)C1. The highest BCUT2D eigenvalue weighted by molar-refractivity contribution is 9.10. The smallest absolute Gasteiger partial charge is 0.108 e. The zero-order chi connectivity index (χ0) is 11.8. The van der Waals surface area contributed by atoms with Crippen molar-refractivity contribution in [3.8, 4) is 0 Å². The molecule has 1 aromatic rings. The van der Waals surface area contributed by atoms with Gasteiger partial charge in [0, 0.05) is 6.54 Å². The molecular weight excluding hydrogens is 268 g/mol. The molecule has 0 aromatic carbocycles. The lowest BCUT2D eigenvalue weighted by Crippen LogP contribution is -2.26. The summed E-state index contributed by atoms with van der Waals surface area (Å²) >= 11 is 3.50. The first-order valence-corrected chi connectivity index (χ1v) is 6.84. The largest absolute Gasteiger partial charge is 0.384 e. The summed E-state index contributed by atoms with van der Waals surface area (Å²) in [5.74, 6) is 0.650.